The maximum Gasteiger partial charge on any atom is 0.221 e. The number of nitrogens with two attached hydrogens (primary N) is 1. The minimum atomic E-state index is -0.101. The molecule has 3 N–H and O–H groups in total. The van der Waals surface area contributed by atoms with Gasteiger partial charge >= 0.3 is 0 Å². The highest BCUT2D eigenvalue weighted by molar-refractivity contribution is 7.12. The highest BCUT2D eigenvalue weighted by Gasteiger charge is 2.24. The predicted molar refractivity (Wildman–Crippen MR) is 85.5 cm³/mol. The molecule has 118 valence electrons. The number of carbonyl (C=O) groups is 1. The number of nitrogens with zero attached hydrogens (tertiary/aromatic N) is 1. The van der Waals surface area contributed by atoms with Crippen molar-refractivity contribution >= 4 is 17.2 Å². The summed E-state index contributed by atoms with van der Waals surface area (Å²) in [6.45, 7) is 7.92. The third-order valence-corrected chi connectivity index (χ3v) is 4.68. The van der Waals surface area contributed by atoms with Crippen molar-refractivity contribution in [3.8, 4) is 0 Å². The lowest BCUT2D eigenvalue weighted by Crippen LogP contribution is -2.44. The van der Waals surface area contributed by atoms with E-state index < -0.39 is 0 Å². The van der Waals surface area contributed by atoms with Crippen LogP contribution in [0, 0.1) is 6.92 Å². The normalized spacial score (nSPS) is 19.2. The van der Waals surface area contributed by atoms with Crippen LogP contribution in [-0.2, 0) is 9.53 Å². The van der Waals surface area contributed by atoms with Crippen LogP contribution in [0.25, 0.3) is 0 Å². The highest BCUT2D eigenvalue weighted by Crippen LogP contribution is 2.27. The number of morpholine rings is 1. The number of thiophene rings is 1. The third-order valence-electron chi connectivity index (χ3n) is 3.58. The molecule has 0 saturated carbocycles. The number of hydrogen-bond acceptors (Lipinski definition) is 5. The molecule has 2 unspecified atom stereocenters. The average molecular weight is 311 g/mol. The van der Waals surface area contributed by atoms with Crippen LogP contribution in [0.3, 0.4) is 0 Å². The maximum atomic E-state index is 11.8. The van der Waals surface area contributed by atoms with Gasteiger partial charge in [0, 0.05) is 41.9 Å². The first kappa shape index (κ1) is 16.4. The molecule has 1 saturated heterocycles. The van der Waals surface area contributed by atoms with Gasteiger partial charge in [0.25, 0.3) is 0 Å². The van der Waals surface area contributed by atoms with Crippen molar-refractivity contribution in [1.29, 1.82) is 0 Å². The van der Waals surface area contributed by atoms with E-state index in [2.05, 4.69) is 29.3 Å². The van der Waals surface area contributed by atoms with Crippen LogP contribution in [0.15, 0.2) is 12.1 Å². The molecule has 1 fully saturated rings. The summed E-state index contributed by atoms with van der Waals surface area (Å²) in [5.74, 6) is 0.0246. The second kappa shape index (κ2) is 7.89. The van der Waals surface area contributed by atoms with E-state index in [0.29, 0.717) is 13.0 Å². The zero-order valence-corrected chi connectivity index (χ0v) is 13.6. The molecule has 1 aliphatic heterocycles. The molecule has 21 heavy (non-hydrogen) atoms. The number of hydrogen-bond donors (Lipinski definition) is 2. The van der Waals surface area contributed by atoms with Crippen molar-refractivity contribution in [2.75, 3.05) is 32.8 Å². The second-order valence-electron chi connectivity index (χ2n) is 5.60. The number of ether oxygens (including phenoxy) is 1. The van der Waals surface area contributed by atoms with Gasteiger partial charge in [-0.3, -0.25) is 9.69 Å². The van der Waals surface area contributed by atoms with Crippen molar-refractivity contribution < 1.29 is 9.53 Å². The van der Waals surface area contributed by atoms with Crippen LogP contribution in [0.1, 0.15) is 29.1 Å². The molecule has 1 aliphatic rings. The number of aryl methyl sites for hydroxylation is 1. The zero-order valence-electron chi connectivity index (χ0n) is 12.8. The van der Waals surface area contributed by atoms with Gasteiger partial charge in [-0.2, -0.15) is 0 Å². The second-order valence-corrected chi connectivity index (χ2v) is 6.92. The number of carbonyl (C=O) groups excluding carboxylic acids is 1. The van der Waals surface area contributed by atoms with Crippen LogP contribution in [0.4, 0.5) is 0 Å². The summed E-state index contributed by atoms with van der Waals surface area (Å²) in [4.78, 5) is 16.8. The fourth-order valence-electron chi connectivity index (χ4n) is 2.51. The first-order valence-electron chi connectivity index (χ1n) is 7.46. The van der Waals surface area contributed by atoms with Gasteiger partial charge in [0.1, 0.15) is 0 Å². The van der Waals surface area contributed by atoms with Crippen LogP contribution in [0.2, 0.25) is 0 Å². The Morgan fingerprint density at radius 2 is 2.19 bits per heavy atom. The van der Waals surface area contributed by atoms with Gasteiger partial charge in [-0.1, -0.05) is 0 Å². The first-order valence-corrected chi connectivity index (χ1v) is 8.28. The quantitative estimate of drug-likeness (QED) is 0.830. The Kier molecular flexibility index (Phi) is 6.17. The third kappa shape index (κ3) is 5.07. The van der Waals surface area contributed by atoms with E-state index in [9.17, 15) is 4.79 Å². The Bertz CT molecular complexity index is 456. The molecule has 2 heterocycles. The summed E-state index contributed by atoms with van der Waals surface area (Å²) in [6.07, 6.45) is 0.374. The lowest BCUT2D eigenvalue weighted by molar-refractivity contribution is -0.121. The van der Waals surface area contributed by atoms with Gasteiger partial charge in [0.05, 0.1) is 19.3 Å². The minimum Gasteiger partial charge on any atom is -0.379 e. The Morgan fingerprint density at radius 3 is 2.76 bits per heavy atom. The molecule has 0 radical (unpaired) electrons. The van der Waals surface area contributed by atoms with E-state index >= 15 is 0 Å². The Labute approximate surface area is 130 Å². The van der Waals surface area contributed by atoms with Crippen molar-refractivity contribution in [1.82, 2.24) is 10.2 Å². The molecule has 0 aromatic carbocycles. The van der Waals surface area contributed by atoms with Crippen molar-refractivity contribution in [2.24, 2.45) is 5.73 Å². The highest BCUT2D eigenvalue weighted by atomic mass is 32.1. The van der Waals surface area contributed by atoms with Gasteiger partial charge in [0.15, 0.2) is 0 Å². The summed E-state index contributed by atoms with van der Waals surface area (Å²) in [7, 11) is 0. The molecule has 6 heteroatoms. The van der Waals surface area contributed by atoms with E-state index in [1.54, 1.807) is 11.3 Å². The summed E-state index contributed by atoms with van der Waals surface area (Å²) in [5, 5.41) is 3.02. The summed E-state index contributed by atoms with van der Waals surface area (Å²) in [5.41, 5.74) is 5.67. The lowest BCUT2D eigenvalue weighted by Gasteiger charge is -2.34. The number of nitrogens with one attached hydrogen (secondary N) is 1. The van der Waals surface area contributed by atoms with Gasteiger partial charge in [-0.05, 0) is 26.0 Å². The monoisotopic (exact) mass is 311 g/mol. The fourth-order valence-corrected chi connectivity index (χ4v) is 3.52. The topological polar surface area (TPSA) is 67.6 Å². The van der Waals surface area contributed by atoms with Crippen LogP contribution < -0.4 is 11.1 Å². The predicted octanol–water partition coefficient (Wildman–Crippen LogP) is 1.28. The first-order chi connectivity index (χ1) is 10.1. The van der Waals surface area contributed by atoms with E-state index in [4.69, 9.17) is 10.5 Å². The standard InChI is InChI=1S/C15H25N3O2S/c1-11(16)9-15(19)17-10-13(14-4-3-12(2)21-14)18-5-7-20-8-6-18/h3-4,11,13H,5-10,16H2,1-2H3,(H,17,19). The van der Waals surface area contributed by atoms with E-state index in [-0.39, 0.29) is 18.0 Å². The van der Waals surface area contributed by atoms with Gasteiger partial charge in [-0.15, -0.1) is 11.3 Å². The molecular formula is C15H25N3O2S. The summed E-state index contributed by atoms with van der Waals surface area (Å²) < 4.78 is 5.43. The van der Waals surface area contributed by atoms with Gasteiger partial charge in [-0.25, -0.2) is 0 Å². The molecule has 1 amide bonds. The van der Waals surface area contributed by atoms with Crippen LogP contribution in [0.5, 0.6) is 0 Å². The Hall–Kier alpha value is -0.950. The smallest absolute Gasteiger partial charge is 0.221 e. The molecule has 5 nitrogen and oxygen atoms in total. The minimum absolute atomic E-state index is 0.0246. The largest absolute Gasteiger partial charge is 0.379 e. The van der Waals surface area contributed by atoms with Gasteiger partial charge < -0.3 is 15.8 Å². The molecular weight excluding hydrogens is 286 g/mol. The molecule has 1 aromatic rings. The maximum absolute atomic E-state index is 11.8. The number of rotatable bonds is 6. The van der Waals surface area contributed by atoms with Crippen molar-refractivity contribution in [3.05, 3.63) is 21.9 Å². The molecule has 2 atom stereocenters. The molecule has 2 rings (SSSR count). The van der Waals surface area contributed by atoms with E-state index in [0.717, 1.165) is 26.3 Å². The Morgan fingerprint density at radius 1 is 1.48 bits per heavy atom. The molecule has 0 bridgehead atoms. The Balaban J connectivity index is 1.99. The van der Waals surface area contributed by atoms with E-state index in [1.165, 1.54) is 9.75 Å². The van der Waals surface area contributed by atoms with Crippen LogP contribution in [-0.4, -0.2) is 49.7 Å². The van der Waals surface area contributed by atoms with Gasteiger partial charge in [0.2, 0.25) is 5.91 Å². The van der Waals surface area contributed by atoms with Crippen molar-refractivity contribution in [2.45, 2.75) is 32.4 Å². The zero-order chi connectivity index (χ0) is 15.2. The molecule has 1 aromatic heterocycles. The average Bonchev–Trinajstić information content (AvgIpc) is 2.86. The summed E-state index contributed by atoms with van der Waals surface area (Å²) >= 11 is 1.80. The van der Waals surface area contributed by atoms with Crippen molar-refractivity contribution in [3.63, 3.8) is 0 Å². The lowest BCUT2D eigenvalue weighted by atomic mass is 10.1. The fraction of sp³-hybridized carbons (Fsp3) is 0.667. The van der Waals surface area contributed by atoms with Crippen LogP contribution >= 0.6 is 11.3 Å². The molecule has 0 aliphatic carbocycles. The SMILES string of the molecule is Cc1ccc(C(CNC(=O)CC(C)N)N2CCOCC2)s1. The number of amides is 1. The molecule has 0 spiro atoms. The summed E-state index contributed by atoms with van der Waals surface area (Å²) in [6, 6.07) is 4.43. The van der Waals surface area contributed by atoms with E-state index in [1.807, 2.05) is 6.92 Å².